The summed E-state index contributed by atoms with van der Waals surface area (Å²) in [6.45, 7) is 0.921. The summed E-state index contributed by atoms with van der Waals surface area (Å²) < 4.78 is 0. The van der Waals surface area contributed by atoms with Crippen molar-refractivity contribution in [1.82, 2.24) is 5.32 Å². The summed E-state index contributed by atoms with van der Waals surface area (Å²) in [5, 5.41) is 13.8. The van der Waals surface area contributed by atoms with Crippen LogP contribution in [0.3, 0.4) is 0 Å². The maximum absolute atomic E-state index is 9.32. The lowest BCUT2D eigenvalue weighted by Gasteiger charge is -2.25. The quantitative estimate of drug-likeness (QED) is 0.854. The zero-order valence-electron chi connectivity index (χ0n) is 8.71. The minimum absolute atomic E-state index is 0.0490. The summed E-state index contributed by atoms with van der Waals surface area (Å²) in [7, 11) is 0. The Bertz CT molecular complexity index is 397. The highest BCUT2D eigenvalue weighted by molar-refractivity contribution is 6.37. The largest absolute Gasteiger partial charge is 0.394 e. The van der Waals surface area contributed by atoms with E-state index in [1.54, 1.807) is 0 Å². The highest BCUT2D eigenvalue weighted by Gasteiger charge is 2.21. The molecule has 0 radical (unpaired) electrons. The molecular formula is C12H13Cl2NO. The van der Waals surface area contributed by atoms with Crippen molar-refractivity contribution in [1.29, 1.82) is 0 Å². The molecule has 1 aliphatic heterocycles. The van der Waals surface area contributed by atoms with Crippen LogP contribution in [0.2, 0.25) is 10.0 Å². The molecule has 4 heteroatoms. The summed E-state index contributed by atoms with van der Waals surface area (Å²) in [5.41, 5.74) is 1.82. The van der Waals surface area contributed by atoms with Crippen molar-refractivity contribution in [3.8, 4) is 0 Å². The van der Waals surface area contributed by atoms with Gasteiger partial charge in [0.15, 0.2) is 0 Å². The fourth-order valence-electron chi connectivity index (χ4n) is 1.95. The minimum atomic E-state index is -0.0776. The number of aliphatic hydroxyl groups is 1. The van der Waals surface area contributed by atoms with E-state index in [1.807, 2.05) is 18.2 Å². The first-order valence-corrected chi connectivity index (χ1v) is 5.98. The Morgan fingerprint density at radius 1 is 1.31 bits per heavy atom. The number of aliphatic hydroxyl groups excluding tert-OH is 1. The van der Waals surface area contributed by atoms with Gasteiger partial charge in [0.2, 0.25) is 0 Å². The van der Waals surface area contributed by atoms with Gasteiger partial charge in [-0.05, 0) is 30.7 Å². The van der Waals surface area contributed by atoms with Crippen molar-refractivity contribution in [2.75, 3.05) is 13.2 Å². The highest BCUT2D eigenvalue weighted by Crippen LogP contribution is 2.33. The second-order valence-corrected chi connectivity index (χ2v) is 4.55. The molecule has 1 heterocycles. The maximum atomic E-state index is 9.32. The minimum Gasteiger partial charge on any atom is -0.394 e. The Morgan fingerprint density at radius 3 is 2.62 bits per heavy atom. The van der Waals surface area contributed by atoms with Crippen LogP contribution in [0.4, 0.5) is 0 Å². The van der Waals surface area contributed by atoms with Crippen molar-refractivity contribution in [3.63, 3.8) is 0 Å². The van der Waals surface area contributed by atoms with E-state index in [1.165, 1.54) is 0 Å². The Kier molecular flexibility index (Phi) is 3.87. The molecule has 1 atom stereocenters. The molecule has 0 saturated heterocycles. The van der Waals surface area contributed by atoms with Crippen LogP contribution in [-0.4, -0.2) is 24.3 Å². The van der Waals surface area contributed by atoms with Crippen LogP contribution in [0, 0.1) is 0 Å². The summed E-state index contributed by atoms with van der Waals surface area (Å²) in [6.07, 6.45) is 3.01. The SMILES string of the molecule is OCC1NCCC=C1c1c(Cl)cccc1Cl. The van der Waals surface area contributed by atoms with Crippen LogP contribution in [0.25, 0.3) is 5.57 Å². The number of benzene rings is 1. The molecule has 2 N–H and O–H groups in total. The van der Waals surface area contributed by atoms with Crippen LogP contribution >= 0.6 is 23.2 Å². The van der Waals surface area contributed by atoms with Gasteiger partial charge in [0.05, 0.1) is 12.6 Å². The fraction of sp³-hybridized carbons (Fsp3) is 0.333. The first kappa shape index (κ1) is 11.9. The van der Waals surface area contributed by atoms with Crippen LogP contribution in [-0.2, 0) is 0 Å². The van der Waals surface area contributed by atoms with E-state index in [0.717, 1.165) is 24.1 Å². The van der Waals surface area contributed by atoms with Crippen molar-refractivity contribution in [2.24, 2.45) is 0 Å². The van der Waals surface area contributed by atoms with E-state index in [2.05, 4.69) is 11.4 Å². The summed E-state index contributed by atoms with van der Waals surface area (Å²) in [6, 6.07) is 5.37. The summed E-state index contributed by atoms with van der Waals surface area (Å²) in [5.74, 6) is 0. The molecule has 0 fully saturated rings. The number of rotatable bonds is 2. The molecule has 0 amide bonds. The van der Waals surface area contributed by atoms with Gasteiger partial charge >= 0.3 is 0 Å². The second kappa shape index (κ2) is 5.19. The van der Waals surface area contributed by atoms with Gasteiger partial charge in [-0.25, -0.2) is 0 Å². The van der Waals surface area contributed by atoms with E-state index in [9.17, 15) is 5.11 Å². The van der Waals surface area contributed by atoms with Gasteiger partial charge in [-0.3, -0.25) is 0 Å². The molecule has 0 saturated carbocycles. The fourth-order valence-corrected chi connectivity index (χ4v) is 2.57. The van der Waals surface area contributed by atoms with Crippen molar-refractivity contribution < 1.29 is 5.11 Å². The molecule has 16 heavy (non-hydrogen) atoms. The normalized spacial score (nSPS) is 20.7. The topological polar surface area (TPSA) is 32.3 Å². The molecule has 0 aliphatic carbocycles. The van der Waals surface area contributed by atoms with E-state index in [-0.39, 0.29) is 12.6 Å². The average molecular weight is 258 g/mol. The molecule has 0 bridgehead atoms. The molecule has 0 aromatic heterocycles. The van der Waals surface area contributed by atoms with Gasteiger partial charge in [0.1, 0.15) is 0 Å². The number of hydrogen-bond donors (Lipinski definition) is 2. The van der Waals surface area contributed by atoms with Gasteiger partial charge in [-0.2, -0.15) is 0 Å². The Morgan fingerprint density at radius 2 is 2.00 bits per heavy atom. The third kappa shape index (κ3) is 2.25. The Labute approximate surface area is 105 Å². The monoisotopic (exact) mass is 257 g/mol. The van der Waals surface area contributed by atoms with Crippen molar-refractivity contribution in [3.05, 3.63) is 39.9 Å². The standard InChI is InChI=1S/C12H13Cl2NO/c13-9-4-1-5-10(14)12(9)8-3-2-6-15-11(8)7-16/h1,3-5,11,15-16H,2,6-7H2. The van der Waals surface area contributed by atoms with Crippen LogP contribution < -0.4 is 5.32 Å². The molecule has 0 spiro atoms. The molecule has 2 nitrogen and oxygen atoms in total. The predicted octanol–water partition coefficient (Wildman–Crippen LogP) is 2.73. The van der Waals surface area contributed by atoms with Gasteiger partial charge in [0.25, 0.3) is 0 Å². The van der Waals surface area contributed by atoms with Crippen molar-refractivity contribution in [2.45, 2.75) is 12.5 Å². The number of nitrogens with one attached hydrogen (secondary N) is 1. The Balaban J connectivity index is 2.46. The van der Waals surface area contributed by atoms with Crippen LogP contribution in [0.5, 0.6) is 0 Å². The first-order chi connectivity index (χ1) is 7.74. The molecule has 1 unspecified atom stereocenters. The van der Waals surface area contributed by atoms with Gasteiger partial charge in [0, 0.05) is 15.6 Å². The third-order valence-electron chi connectivity index (χ3n) is 2.71. The van der Waals surface area contributed by atoms with E-state index in [0.29, 0.717) is 10.0 Å². The lowest BCUT2D eigenvalue weighted by Crippen LogP contribution is -2.37. The first-order valence-electron chi connectivity index (χ1n) is 5.22. The Hall–Kier alpha value is -0.540. The molecule has 1 aromatic rings. The number of halogens is 2. The molecule has 2 rings (SSSR count). The lowest BCUT2D eigenvalue weighted by atomic mass is 9.95. The molecule has 1 aromatic carbocycles. The van der Waals surface area contributed by atoms with E-state index < -0.39 is 0 Å². The smallest absolute Gasteiger partial charge is 0.0626 e. The zero-order valence-corrected chi connectivity index (χ0v) is 10.2. The van der Waals surface area contributed by atoms with E-state index >= 15 is 0 Å². The van der Waals surface area contributed by atoms with Crippen molar-refractivity contribution >= 4 is 28.8 Å². The lowest BCUT2D eigenvalue weighted by molar-refractivity contribution is 0.266. The van der Waals surface area contributed by atoms with Gasteiger partial charge < -0.3 is 10.4 Å². The van der Waals surface area contributed by atoms with Crippen LogP contribution in [0.1, 0.15) is 12.0 Å². The van der Waals surface area contributed by atoms with Crippen LogP contribution in [0.15, 0.2) is 24.3 Å². The number of hydrogen-bond acceptors (Lipinski definition) is 2. The highest BCUT2D eigenvalue weighted by atomic mass is 35.5. The van der Waals surface area contributed by atoms with Gasteiger partial charge in [-0.15, -0.1) is 0 Å². The summed E-state index contributed by atoms with van der Waals surface area (Å²) >= 11 is 12.3. The molecular weight excluding hydrogens is 245 g/mol. The second-order valence-electron chi connectivity index (χ2n) is 3.73. The summed E-state index contributed by atoms with van der Waals surface area (Å²) in [4.78, 5) is 0. The molecule has 86 valence electrons. The maximum Gasteiger partial charge on any atom is 0.0626 e. The molecule has 1 aliphatic rings. The third-order valence-corrected chi connectivity index (χ3v) is 3.34. The zero-order chi connectivity index (χ0) is 11.5. The van der Waals surface area contributed by atoms with Gasteiger partial charge in [-0.1, -0.05) is 35.3 Å². The predicted molar refractivity (Wildman–Crippen MR) is 67.9 cm³/mol. The average Bonchev–Trinajstić information content (AvgIpc) is 2.29. The van der Waals surface area contributed by atoms with E-state index in [4.69, 9.17) is 23.2 Å².